The molecule has 0 saturated heterocycles. The Bertz CT molecular complexity index is 28.4. The van der Waals surface area contributed by atoms with Crippen molar-refractivity contribution in [1.29, 1.82) is 0 Å². The number of rotatable bonds is 0. The van der Waals surface area contributed by atoms with E-state index in [-0.39, 0.29) is 103 Å². The molecule has 0 aromatic heterocycles. The molecule has 0 amide bonds. The van der Waals surface area contributed by atoms with Crippen molar-refractivity contribution in [3.63, 3.8) is 0 Å². The van der Waals surface area contributed by atoms with Crippen LogP contribution in [0.1, 0.15) is 0 Å². The van der Waals surface area contributed by atoms with E-state index < -0.39 is 7.94 Å². The van der Waals surface area contributed by atoms with Crippen molar-refractivity contribution < 1.29 is 14.7 Å². The Kier molecular flexibility index (Phi) is 18.6. The fourth-order valence-electron chi connectivity index (χ4n) is 0. The van der Waals surface area contributed by atoms with Gasteiger partial charge >= 0.3 is 132 Å². The molecule has 0 aliphatic heterocycles. The zero-order chi connectivity index (χ0) is 4.50. The molecule has 0 atom stereocenters. The van der Waals surface area contributed by atoms with Crippen LogP contribution >= 0.6 is 7.94 Å². The predicted octanol–water partition coefficient (Wildman–Crippen LogP) is -2.21. The molecule has 6 heteroatoms. The Balaban J connectivity index is -0.0000000800. The second-order valence-corrected chi connectivity index (χ2v) is 2.91. The van der Waals surface area contributed by atoms with Crippen molar-refractivity contribution in [2.45, 2.75) is 0 Å². The van der Waals surface area contributed by atoms with Gasteiger partial charge in [-0.15, -0.1) is 0 Å². The average molecular weight is 178 g/mol. The second kappa shape index (κ2) is 7.69. The molecule has 7 heavy (non-hydrogen) atoms. The third-order valence-electron chi connectivity index (χ3n) is 0. The summed E-state index contributed by atoms with van der Waals surface area (Å²) in [5.74, 6) is 0. The summed E-state index contributed by atoms with van der Waals surface area (Å²) in [5.41, 5.74) is 0. The second-order valence-electron chi connectivity index (χ2n) is 0.971. The van der Waals surface area contributed by atoms with Gasteiger partial charge in [0.05, 0.1) is 0 Å². The summed E-state index contributed by atoms with van der Waals surface area (Å²) in [5, 5.41) is 0. The van der Waals surface area contributed by atoms with E-state index in [1.54, 1.807) is 0 Å². The van der Waals surface area contributed by atoms with E-state index in [2.05, 4.69) is 0 Å². The van der Waals surface area contributed by atoms with Crippen molar-refractivity contribution in [3.8, 4) is 0 Å². The molecule has 0 aliphatic rings. The van der Waals surface area contributed by atoms with E-state index in [4.69, 9.17) is 14.7 Å². The van der Waals surface area contributed by atoms with Gasteiger partial charge in [-0.3, -0.25) is 0 Å². The summed E-state index contributed by atoms with van der Waals surface area (Å²) in [6.07, 6.45) is 0. The Morgan fingerprint density at radius 1 is 1.00 bits per heavy atom. The van der Waals surface area contributed by atoms with E-state index >= 15 is 0 Å². The van der Waals surface area contributed by atoms with E-state index in [1.807, 2.05) is 0 Å². The summed E-state index contributed by atoms with van der Waals surface area (Å²) < 4.78 is 0. The molecule has 38 valence electrons. The monoisotopic (exact) mass is 178 g/mol. The third kappa shape index (κ3) is 42.9. The minimum atomic E-state index is -3.61. The molecular weight excluding hydrogens is 169 g/mol. The van der Waals surface area contributed by atoms with Gasteiger partial charge in [0.1, 0.15) is 0 Å². The van der Waals surface area contributed by atoms with Crippen LogP contribution < -0.4 is 0 Å². The maximum atomic E-state index is 7.77. The van der Waals surface area contributed by atoms with Gasteiger partial charge in [0.15, 0.2) is 0 Å². The van der Waals surface area contributed by atoms with Crippen LogP contribution in [0.15, 0.2) is 0 Å². The molecular formula is CH9K2O3P. The summed E-state index contributed by atoms with van der Waals surface area (Å²) in [6, 6.07) is 0. The van der Waals surface area contributed by atoms with Gasteiger partial charge in [0, 0.05) is 0 Å². The first-order valence-electron chi connectivity index (χ1n) is 1.17. The number of hydrogen-bond acceptors (Lipinski definition) is 3. The maximum absolute atomic E-state index is 7.77. The fraction of sp³-hybridized carbons (Fsp3) is 1.00. The van der Waals surface area contributed by atoms with Crippen molar-refractivity contribution in [2.75, 3.05) is 6.66 Å². The molecule has 0 saturated carbocycles. The van der Waals surface area contributed by atoms with Crippen LogP contribution in [0.4, 0.5) is 0 Å². The Morgan fingerprint density at radius 3 is 1.00 bits per heavy atom. The summed E-state index contributed by atoms with van der Waals surface area (Å²) in [6.45, 7) is 0.993. The van der Waals surface area contributed by atoms with Gasteiger partial charge in [-0.25, -0.2) is 0 Å². The van der Waals surface area contributed by atoms with Crippen LogP contribution in [0.25, 0.3) is 0 Å². The molecule has 0 bridgehead atoms. The zero-order valence-corrected chi connectivity index (χ0v) is 3.84. The van der Waals surface area contributed by atoms with Crippen molar-refractivity contribution >= 4 is 111 Å². The third-order valence-corrected chi connectivity index (χ3v) is 0. The van der Waals surface area contributed by atoms with Crippen LogP contribution in [0.3, 0.4) is 0 Å². The van der Waals surface area contributed by atoms with Gasteiger partial charge in [0.25, 0.3) is 0 Å². The van der Waals surface area contributed by atoms with Gasteiger partial charge < -0.3 is 0 Å². The molecule has 0 rings (SSSR count). The van der Waals surface area contributed by atoms with Gasteiger partial charge in [0.2, 0.25) is 0 Å². The van der Waals surface area contributed by atoms with E-state index in [1.165, 1.54) is 0 Å². The Labute approximate surface area is 128 Å². The van der Waals surface area contributed by atoms with E-state index in [9.17, 15) is 0 Å². The molecule has 0 spiro atoms. The van der Waals surface area contributed by atoms with E-state index in [0.717, 1.165) is 6.66 Å². The quantitative estimate of drug-likeness (QED) is 0.291. The average Bonchev–Trinajstić information content (AvgIpc) is 0.722. The van der Waals surface area contributed by atoms with Crippen molar-refractivity contribution in [3.05, 3.63) is 0 Å². The van der Waals surface area contributed by atoms with Gasteiger partial charge in [-0.1, -0.05) is 0 Å². The zero-order valence-electron chi connectivity index (χ0n) is 2.84. The normalized spacial score (nSPS) is 10.9. The minimum absolute atomic E-state index is 0. The first-order valence-corrected chi connectivity index (χ1v) is 3.51. The summed E-state index contributed by atoms with van der Waals surface area (Å²) >= 11 is 0. The summed E-state index contributed by atoms with van der Waals surface area (Å²) in [7, 11) is -3.61. The molecule has 0 fully saturated rings. The molecule has 0 radical (unpaired) electrons. The Hall–Kier alpha value is 3.58. The van der Waals surface area contributed by atoms with E-state index in [0.29, 0.717) is 0 Å². The molecule has 0 unspecified atom stereocenters. The summed E-state index contributed by atoms with van der Waals surface area (Å²) in [4.78, 5) is 23.3. The predicted molar refractivity (Wildman–Crippen MR) is 35.2 cm³/mol. The first-order chi connectivity index (χ1) is 2.00. The van der Waals surface area contributed by atoms with Crippen molar-refractivity contribution in [1.82, 2.24) is 0 Å². The molecule has 0 aliphatic carbocycles. The SMILES string of the molecule is C[PH](O)(O)O.[KH].[KH]. The number of hydrogen-bond donors (Lipinski definition) is 3. The van der Waals surface area contributed by atoms with Crippen LogP contribution in [0, 0.1) is 0 Å². The molecule has 3 nitrogen and oxygen atoms in total. The molecule has 0 heterocycles. The van der Waals surface area contributed by atoms with Crippen LogP contribution in [0.5, 0.6) is 0 Å². The van der Waals surface area contributed by atoms with Gasteiger partial charge in [-0.05, 0) is 0 Å². The topological polar surface area (TPSA) is 60.7 Å². The first kappa shape index (κ1) is 16.9. The van der Waals surface area contributed by atoms with Crippen LogP contribution in [0.2, 0.25) is 0 Å². The van der Waals surface area contributed by atoms with Gasteiger partial charge in [-0.2, -0.15) is 0 Å². The fourth-order valence-corrected chi connectivity index (χ4v) is 0. The standard InChI is InChI=1S/CH7O3P.2K.2H/c1-5(2,3)4;;;;/h2-5H,1H3;;;;. The molecule has 0 aromatic carbocycles. The van der Waals surface area contributed by atoms with Crippen molar-refractivity contribution in [2.24, 2.45) is 0 Å². The molecule has 0 aromatic rings. The Morgan fingerprint density at radius 2 is 1.00 bits per heavy atom. The van der Waals surface area contributed by atoms with Crippen LogP contribution in [-0.4, -0.2) is 124 Å². The van der Waals surface area contributed by atoms with Crippen LogP contribution in [-0.2, 0) is 0 Å². The molecule has 3 N–H and O–H groups in total.